The largest absolute Gasteiger partial charge is 0.373 e. The van der Waals surface area contributed by atoms with E-state index in [2.05, 4.69) is 41.5 Å². The molecule has 0 aliphatic carbocycles. The lowest BCUT2D eigenvalue weighted by molar-refractivity contribution is 0.00439. The van der Waals surface area contributed by atoms with Crippen LogP contribution < -0.4 is 0 Å². The van der Waals surface area contributed by atoms with Gasteiger partial charge in [-0.3, -0.25) is 0 Å². The molecule has 0 heterocycles. The van der Waals surface area contributed by atoms with Crippen molar-refractivity contribution in [2.24, 2.45) is 0 Å². The summed E-state index contributed by atoms with van der Waals surface area (Å²) in [6, 6.07) is 0.953. The molecule has 1 atom stereocenters. The molecule has 0 saturated carbocycles. The predicted molar refractivity (Wildman–Crippen MR) is 81.8 cm³/mol. The molecule has 0 saturated heterocycles. The molecule has 0 aromatic rings. The summed E-state index contributed by atoms with van der Waals surface area (Å²) < 4.78 is 19.0. The Kier molecular flexibility index (Phi) is 7.68. The van der Waals surface area contributed by atoms with Crippen LogP contribution in [0.4, 0.5) is 4.39 Å². The smallest absolute Gasteiger partial charge is 0.115 e. The highest BCUT2D eigenvalue weighted by Gasteiger charge is 2.44. The van der Waals surface area contributed by atoms with Crippen molar-refractivity contribution in [2.75, 3.05) is 6.67 Å². The Balaban J connectivity index is 5.08. The molecule has 0 aromatic heterocycles. The Morgan fingerprint density at radius 1 is 0.833 bits per heavy atom. The average Bonchev–Trinajstić information content (AvgIpc) is 2.21. The van der Waals surface area contributed by atoms with Crippen LogP contribution in [0.1, 0.15) is 55.4 Å². The van der Waals surface area contributed by atoms with Crippen LogP contribution in [-0.4, -0.2) is 27.0 Å². The van der Waals surface area contributed by atoms with E-state index >= 15 is 0 Å². The van der Waals surface area contributed by atoms with Gasteiger partial charge in [-0.05, 0) is 19.9 Å². The lowest BCUT2D eigenvalue weighted by Crippen LogP contribution is -2.48. The van der Waals surface area contributed by atoms with Gasteiger partial charge < -0.3 is 4.74 Å². The van der Waals surface area contributed by atoms with Gasteiger partial charge in [0.05, 0.1) is 20.3 Å². The summed E-state index contributed by atoms with van der Waals surface area (Å²) in [7, 11) is -1.54. The van der Waals surface area contributed by atoms with E-state index in [4.69, 9.17) is 4.74 Å². The van der Waals surface area contributed by atoms with Gasteiger partial charge in [0, 0.05) is 0 Å². The second-order valence-electron chi connectivity index (χ2n) is 6.74. The number of halogens is 1. The standard InChI is InChI=1S/C15H33FOSi/c1-11(2)17-15(9-16)10-18(12(3)4,13(5)6)14(7)8/h11-15H,9-10H2,1-8H3. The minimum absolute atomic E-state index is 0.115. The Morgan fingerprint density at radius 2 is 1.22 bits per heavy atom. The fourth-order valence-corrected chi connectivity index (χ4v) is 10.0. The summed E-state index contributed by atoms with van der Waals surface area (Å²) in [4.78, 5) is 0. The highest BCUT2D eigenvalue weighted by Crippen LogP contribution is 2.45. The van der Waals surface area contributed by atoms with Gasteiger partial charge in [0.15, 0.2) is 0 Å². The SMILES string of the molecule is CC(C)OC(CF)C[Si](C(C)C)(C(C)C)C(C)C. The minimum atomic E-state index is -1.54. The third kappa shape index (κ3) is 4.34. The topological polar surface area (TPSA) is 9.23 Å². The number of alkyl halides is 1. The molecule has 0 bridgehead atoms. The Hall–Kier alpha value is 0.107. The molecule has 0 spiro atoms. The van der Waals surface area contributed by atoms with E-state index < -0.39 is 8.07 Å². The van der Waals surface area contributed by atoms with Gasteiger partial charge in [-0.25, -0.2) is 4.39 Å². The summed E-state index contributed by atoms with van der Waals surface area (Å²) in [6.07, 6.45) is -0.0900. The maximum Gasteiger partial charge on any atom is 0.115 e. The molecule has 110 valence electrons. The fraction of sp³-hybridized carbons (Fsp3) is 1.00. The molecule has 0 fully saturated rings. The van der Waals surface area contributed by atoms with Crippen molar-refractivity contribution in [1.29, 1.82) is 0 Å². The summed E-state index contributed by atoms with van der Waals surface area (Å²) in [6.45, 7) is 17.5. The zero-order valence-corrected chi connectivity index (χ0v) is 14.6. The molecule has 18 heavy (non-hydrogen) atoms. The van der Waals surface area contributed by atoms with Crippen LogP contribution in [0.5, 0.6) is 0 Å². The molecule has 1 nitrogen and oxygen atoms in total. The third-order valence-electron chi connectivity index (χ3n) is 4.44. The molecular weight excluding hydrogens is 243 g/mol. The maximum atomic E-state index is 13.2. The first-order valence-electron chi connectivity index (χ1n) is 7.39. The second-order valence-corrected chi connectivity index (χ2v) is 12.8. The van der Waals surface area contributed by atoms with Crippen LogP contribution in [-0.2, 0) is 4.74 Å². The van der Waals surface area contributed by atoms with Gasteiger partial charge in [0.25, 0.3) is 0 Å². The maximum absolute atomic E-state index is 13.2. The molecule has 0 N–H and O–H groups in total. The minimum Gasteiger partial charge on any atom is -0.373 e. The van der Waals surface area contributed by atoms with E-state index in [1.807, 2.05) is 13.8 Å². The highest BCUT2D eigenvalue weighted by atomic mass is 28.3. The molecule has 0 aromatic carbocycles. The first kappa shape index (κ1) is 18.1. The van der Waals surface area contributed by atoms with Gasteiger partial charge in [0.2, 0.25) is 0 Å². The monoisotopic (exact) mass is 276 g/mol. The van der Waals surface area contributed by atoms with Gasteiger partial charge in [-0.2, -0.15) is 0 Å². The van der Waals surface area contributed by atoms with Crippen LogP contribution in [0.3, 0.4) is 0 Å². The fourth-order valence-electron chi connectivity index (χ4n) is 3.63. The predicted octanol–water partition coefficient (Wildman–Crippen LogP) is 5.43. The summed E-state index contributed by atoms with van der Waals surface area (Å²) in [5, 5.41) is 0. The number of hydrogen-bond donors (Lipinski definition) is 0. The van der Waals surface area contributed by atoms with Crippen molar-refractivity contribution in [3.8, 4) is 0 Å². The number of rotatable bonds is 8. The van der Waals surface area contributed by atoms with Crippen molar-refractivity contribution in [2.45, 2.75) is 90.3 Å². The highest BCUT2D eigenvalue weighted by molar-refractivity contribution is 6.83. The molecule has 1 unspecified atom stereocenters. The Bertz CT molecular complexity index is 205. The number of ether oxygens (including phenoxy) is 1. The summed E-state index contributed by atoms with van der Waals surface area (Å²) >= 11 is 0. The van der Waals surface area contributed by atoms with Crippen molar-refractivity contribution in [3.05, 3.63) is 0 Å². The van der Waals surface area contributed by atoms with Crippen molar-refractivity contribution in [1.82, 2.24) is 0 Å². The van der Waals surface area contributed by atoms with E-state index in [-0.39, 0.29) is 18.9 Å². The lowest BCUT2D eigenvalue weighted by atomic mass is 10.4. The van der Waals surface area contributed by atoms with Gasteiger partial charge >= 0.3 is 0 Å². The van der Waals surface area contributed by atoms with Gasteiger partial charge in [0.1, 0.15) is 6.67 Å². The van der Waals surface area contributed by atoms with E-state index in [0.717, 1.165) is 6.04 Å². The van der Waals surface area contributed by atoms with Gasteiger partial charge in [-0.1, -0.05) is 58.2 Å². The molecule has 0 amide bonds. The quantitative estimate of drug-likeness (QED) is 0.537. The molecule has 0 aliphatic heterocycles. The third-order valence-corrected chi connectivity index (χ3v) is 12.1. The molecule has 0 aliphatic rings. The van der Waals surface area contributed by atoms with E-state index in [9.17, 15) is 4.39 Å². The molecule has 0 radical (unpaired) electrons. The lowest BCUT2D eigenvalue weighted by Gasteiger charge is -2.45. The van der Waals surface area contributed by atoms with Gasteiger partial charge in [-0.15, -0.1) is 0 Å². The first-order valence-corrected chi connectivity index (χ1v) is 9.83. The van der Waals surface area contributed by atoms with E-state index in [1.54, 1.807) is 0 Å². The van der Waals surface area contributed by atoms with E-state index in [1.165, 1.54) is 0 Å². The van der Waals surface area contributed by atoms with Crippen molar-refractivity contribution in [3.63, 3.8) is 0 Å². The normalized spacial score (nSPS) is 15.2. The average molecular weight is 277 g/mol. The molecular formula is C15H33FOSi. The number of hydrogen-bond acceptors (Lipinski definition) is 1. The van der Waals surface area contributed by atoms with Crippen molar-refractivity contribution >= 4 is 8.07 Å². The zero-order valence-electron chi connectivity index (χ0n) is 13.6. The van der Waals surface area contributed by atoms with Crippen LogP contribution in [0.2, 0.25) is 22.7 Å². The van der Waals surface area contributed by atoms with E-state index in [0.29, 0.717) is 16.6 Å². The Morgan fingerprint density at radius 3 is 1.44 bits per heavy atom. The van der Waals surface area contributed by atoms with Crippen LogP contribution in [0.25, 0.3) is 0 Å². The summed E-state index contributed by atoms with van der Waals surface area (Å²) in [5.74, 6) is 0. The van der Waals surface area contributed by atoms with Crippen molar-refractivity contribution < 1.29 is 9.13 Å². The Labute approximate surface area is 115 Å². The first-order chi connectivity index (χ1) is 8.18. The molecule has 3 heteroatoms. The summed E-state index contributed by atoms with van der Waals surface area (Å²) in [5.41, 5.74) is 2.01. The second kappa shape index (κ2) is 7.64. The zero-order chi connectivity index (χ0) is 14.5. The van der Waals surface area contributed by atoms with Crippen LogP contribution >= 0.6 is 0 Å². The van der Waals surface area contributed by atoms with Crippen LogP contribution in [0.15, 0.2) is 0 Å². The molecule has 0 rings (SSSR count). The van der Waals surface area contributed by atoms with Crippen LogP contribution in [0, 0.1) is 0 Å².